The van der Waals surface area contributed by atoms with Crippen LogP contribution in [0.1, 0.15) is 26.3 Å². The van der Waals surface area contributed by atoms with E-state index in [9.17, 15) is 9.18 Å². The maximum absolute atomic E-state index is 14.4. The molecule has 1 aromatic carbocycles. The third-order valence-electron chi connectivity index (χ3n) is 2.83. The molecule has 0 radical (unpaired) electrons. The van der Waals surface area contributed by atoms with Crippen molar-refractivity contribution in [2.45, 2.75) is 20.8 Å². The number of primary amides is 1. The van der Waals surface area contributed by atoms with E-state index in [2.05, 4.69) is 20.7 Å². The number of amides is 1. The fourth-order valence-electron chi connectivity index (χ4n) is 1.70. The van der Waals surface area contributed by atoms with E-state index >= 15 is 0 Å². The van der Waals surface area contributed by atoms with Gasteiger partial charge in [-0.25, -0.2) is 9.18 Å². The van der Waals surface area contributed by atoms with Crippen molar-refractivity contribution in [3.05, 3.63) is 39.6 Å². The van der Waals surface area contributed by atoms with Gasteiger partial charge in [0.25, 0.3) is 0 Å². The van der Waals surface area contributed by atoms with E-state index in [4.69, 9.17) is 15.7 Å². The van der Waals surface area contributed by atoms with E-state index in [1.807, 2.05) is 6.07 Å². The summed E-state index contributed by atoms with van der Waals surface area (Å²) < 4.78 is 25.2. The Hall–Kier alpha value is -2.07. The minimum atomic E-state index is -0.981. The van der Waals surface area contributed by atoms with Gasteiger partial charge in [0.2, 0.25) is 0 Å². The summed E-state index contributed by atoms with van der Waals surface area (Å²) in [6, 6.07) is 6.81. The number of hydrogen-bond donors (Lipinski definition) is 1. The summed E-state index contributed by atoms with van der Waals surface area (Å²) in [5.74, 6) is 0.0284. The zero-order valence-corrected chi connectivity index (χ0v) is 14.7. The highest BCUT2D eigenvalue weighted by atomic mass is 79.9. The van der Waals surface area contributed by atoms with Crippen molar-refractivity contribution in [1.82, 2.24) is 0 Å². The number of halogens is 2. The van der Waals surface area contributed by atoms with Gasteiger partial charge in [0, 0.05) is 15.5 Å². The number of nitrogens with zero attached hydrogens (tertiary/aromatic N) is 1. The van der Waals surface area contributed by atoms with Gasteiger partial charge in [0.15, 0.2) is 0 Å². The number of allylic oxidation sites excluding steroid dienone is 1. The van der Waals surface area contributed by atoms with Crippen molar-refractivity contribution in [1.29, 1.82) is 5.26 Å². The number of nitrogens with two attached hydrogens (primary N) is 1. The number of carbonyl (C=O) groups is 1. The fraction of sp³-hybridized carbons (Fsp3) is 0.375. The van der Waals surface area contributed by atoms with E-state index in [1.165, 1.54) is 0 Å². The van der Waals surface area contributed by atoms with Gasteiger partial charge in [-0.2, -0.15) is 5.26 Å². The Bertz CT molecular complexity index is 660. The summed E-state index contributed by atoms with van der Waals surface area (Å²) >= 11 is 3.25. The van der Waals surface area contributed by atoms with Crippen molar-refractivity contribution in [3.63, 3.8) is 0 Å². The highest BCUT2D eigenvalue weighted by molar-refractivity contribution is 9.10. The number of benzene rings is 1. The molecule has 0 aromatic heterocycles. The monoisotopic (exact) mass is 384 g/mol. The van der Waals surface area contributed by atoms with Gasteiger partial charge in [-0.3, -0.25) is 0 Å². The van der Waals surface area contributed by atoms with Crippen LogP contribution in [0.2, 0.25) is 0 Å². The normalized spacial score (nSPS) is 12.2. The number of rotatable bonds is 5. The Balaban J connectivity index is 2.92. The van der Waals surface area contributed by atoms with Crippen molar-refractivity contribution in [2.75, 3.05) is 13.2 Å². The van der Waals surface area contributed by atoms with Gasteiger partial charge in [-0.15, -0.1) is 0 Å². The van der Waals surface area contributed by atoms with E-state index < -0.39 is 17.3 Å². The first-order chi connectivity index (χ1) is 10.6. The lowest BCUT2D eigenvalue weighted by Gasteiger charge is -2.20. The molecule has 0 spiro atoms. The SMILES string of the molecule is CC(C)(C)C(F)=C(COC(N)=O)COc1ccc(C#N)c(Br)c1. The number of carbonyl (C=O) groups excluding carboxylic acids is 1. The van der Waals surface area contributed by atoms with E-state index in [0.29, 0.717) is 15.8 Å². The highest BCUT2D eigenvalue weighted by Crippen LogP contribution is 2.30. The van der Waals surface area contributed by atoms with Crippen LogP contribution in [0.4, 0.5) is 9.18 Å². The summed E-state index contributed by atoms with van der Waals surface area (Å²) in [6.07, 6.45) is -0.981. The summed E-state index contributed by atoms with van der Waals surface area (Å²) in [5, 5.41) is 8.87. The Morgan fingerprint density at radius 1 is 1.39 bits per heavy atom. The average Bonchev–Trinajstić information content (AvgIpc) is 2.45. The molecule has 0 aliphatic carbocycles. The van der Waals surface area contributed by atoms with Crippen LogP contribution in [0.15, 0.2) is 34.1 Å². The topological polar surface area (TPSA) is 85.3 Å². The summed E-state index contributed by atoms with van der Waals surface area (Å²) in [5.41, 5.74) is 4.84. The van der Waals surface area contributed by atoms with Crippen molar-refractivity contribution < 1.29 is 18.7 Å². The van der Waals surface area contributed by atoms with Crippen molar-refractivity contribution in [2.24, 2.45) is 11.1 Å². The van der Waals surface area contributed by atoms with Crippen LogP contribution >= 0.6 is 15.9 Å². The van der Waals surface area contributed by atoms with Gasteiger partial charge in [0.1, 0.15) is 30.9 Å². The molecule has 5 nitrogen and oxygen atoms in total. The third kappa shape index (κ3) is 5.91. The smallest absolute Gasteiger partial charge is 0.404 e. The second kappa shape index (κ2) is 7.97. The van der Waals surface area contributed by atoms with Crippen LogP contribution in [-0.2, 0) is 4.74 Å². The van der Waals surface area contributed by atoms with Crippen molar-refractivity contribution in [3.8, 4) is 11.8 Å². The summed E-state index contributed by atoms with van der Waals surface area (Å²) in [7, 11) is 0. The molecule has 2 N–H and O–H groups in total. The van der Waals surface area contributed by atoms with E-state index in [-0.39, 0.29) is 18.8 Å². The molecule has 1 rings (SSSR count). The maximum atomic E-state index is 14.4. The Morgan fingerprint density at radius 2 is 2.04 bits per heavy atom. The molecule has 0 bridgehead atoms. The molecule has 0 heterocycles. The fourth-order valence-corrected chi connectivity index (χ4v) is 2.15. The summed E-state index contributed by atoms with van der Waals surface area (Å²) in [4.78, 5) is 10.7. The lowest BCUT2D eigenvalue weighted by atomic mass is 9.92. The molecule has 0 fully saturated rings. The first-order valence-electron chi connectivity index (χ1n) is 6.78. The van der Waals surface area contributed by atoms with Crippen LogP contribution < -0.4 is 10.5 Å². The van der Waals surface area contributed by atoms with Crippen LogP contribution in [-0.4, -0.2) is 19.3 Å². The first kappa shape index (κ1) is 19.0. The van der Waals surface area contributed by atoms with Gasteiger partial charge >= 0.3 is 6.09 Å². The number of hydrogen-bond acceptors (Lipinski definition) is 4. The Kier molecular flexibility index (Phi) is 6.58. The molecule has 0 atom stereocenters. The van der Waals surface area contributed by atoms with E-state index in [1.54, 1.807) is 39.0 Å². The Labute approximate surface area is 143 Å². The molecule has 1 aromatic rings. The standard InChI is InChI=1S/C16H18BrFN2O3/c1-16(2,3)14(18)11(9-23-15(20)21)8-22-12-5-4-10(7-19)13(17)6-12/h4-6H,8-9H2,1-3H3,(H2,20,21). The first-order valence-corrected chi connectivity index (χ1v) is 7.57. The molecule has 1 amide bonds. The van der Waals surface area contributed by atoms with Crippen LogP contribution in [0.3, 0.4) is 0 Å². The largest absolute Gasteiger partial charge is 0.489 e. The molecule has 0 saturated heterocycles. The highest BCUT2D eigenvalue weighted by Gasteiger charge is 2.22. The van der Waals surface area contributed by atoms with Crippen LogP contribution in [0, 0.1) is 16.7 Å². The molecular formula is C16H18BrFN2O3. The molecule has 23 heavy (non-hydrogen) atoms. The molecule has 7 heteroatoms. The molecule has 0 aliphatic heterocycles. The molecule has 0 aliphatic rings. The van der Waals surface area contributed by atoms with Gasteiger partial charge in [0.05, 0.1) is 5.56 Å². The van der Waals surface area contributed by atoms with Gasteiger partial charge in [-0.1, -0.05) is 20.8 Å². The zero-order chi connectivity index (χ0) is 17.6. The van der Waals surface area contributed by atoms with Gasteiger partial charge in [-0.05, 0) is 34.1 Å². The quantitative estimate of drug-likeness (QED) is 0.828. The maximum Gasteiger partial charge on any atom is 0.404 e. The summed E-state index contributed by atoms with van der Waals surface area (Å²) in [6.45, 7) is 4.71. The minimum Gasteiger partial charge on any atom is -0.489 e. The zero-order valence-electron chi connectivity index (χ0n) is 13.2. The molecular weight excluding hydrogens is 367 g/mol. The predicted molar refractivity (Wildman–Crippen MR) is 87.5 cm³/mol. The third-order valence-corrected chi connectivity index (χ3v) is 3.49. The molecule has 0 unspecified atom stereocenters. The van der Waals surface area contributed by atoms with Crippen molar-refractivity contribution >= 4 is 22.0 Å². The predicted octanol–water partition coefficient (Wildman–Crippen LogP) is 4.06. The van der Waals surface area contributed by atoms with Crippen LogP contribution in [0.25, 0.3) is 0 Å². The Morgan fingerprint density at radius 3 is 2.52 bits per heavy atom. The second-order valence-electron chi connectivity index (χ2n) is 5.82. The van der Waals surface area contributed by atoms with E-state index in [0.717, 1.165) is 0 Å². The van der Waals surface area contributed by atoms with Crippen LogP contribution in [0.5, 0.6) is 5.75 Å². The van der Waals surface area contributed by atoms with Gasteiger partial charge < -0.3 is 15.2 Å². The minimum absolute atomic E-state index is 0.102. The average molecular weight is 385 g/mol. The number of ether oxygens (including phenoxy) is 2. The molecule has 0 saturated carbocycles. The molecule has 124 valence electrons. The lowest BCUT2D eigenvalue weighted by molar-refractivity contribution is 0.160. The second-order valence-corrected chi connectivity index (χ2v) is 6.67. The number of nitriles is 1. The lowest BCUT2D eigenvalue weighted by Crippen LogP contribution is -2.20.